The van der Waals surface area contributed by atoms with Gasteiger partial charge in [0.1, 0.15) is 18.3 Å². The maximum atomic E-state index is 12.5. The van der Waals surface area contributed by atoms with Crippen molar-refractivity contribution in [2.45, 2.75) is 63.8 Å². The summed E-state index contributed by atoms with van der Waals surface area (Å²) in [4.78, 5) is 54.5. The molecular formula is C24H35N5O5S. The number of nitrogens with one attached hydrogen (secondary N) is 3. The number of aromatic nitrogens is 1. The first kappa shape index (κ1) is 26.7. The van der Waals surface area contributed by atoms with Crippen molar-refractivity contribution < 1.29 is 23.9 Å². The van der Waals surface area contributed by atoms with E-state index in [9.17, 15) is 19.2 Å². The molecule has 192 valence electrons. The molecule has 35 heavy (non-hydrogen) atoms. The van der Waals surface area contributed by atoms with Crippen LogP contribution >= 0.6 is 11.3 Å². The molecule has 4 amide bonds. The summed E-state index contributed by atoms with van der Waals surface area (Å²) in [7, 11) is 1.23. The lowest BCUT2D eigenvalue weighted by atomic mass is 9.97. The number of methoxy groups -OCH3 is 1. The lowest BCUT2D eigenvalue weighted by Gasteiger charge is -2.31. The van der Waals surface area contributed by atoms with Crippen LogP contribution in [0.25, 0.3) is 0 Å². The predicted octanol–water partition coefficient (Wildman–Crippen LogP) is 2.33. The molecule has 0 saturated carbocycles. The summed E-state index contributed by atoms with van der Waals surface area (Å²) in [6.45, 7) is 3.25. The van der Waals surface area contributed by atoms with Crippen LogP contribution in [0.1, 0.15) is 73.3 Å². The van der Waals surface area contributed by atoms with E-state index in [1.807, 2.05) is 4.90 Å². The van der Waals surface area contributed by atoms with Gasteiger partial charge >= 0.3 is 12.0 Å². The number of urea groups is 1. The minimum absolute atomic E-state index is 0.0153. The van der Waals surface area contributed by atoms with Gasteiger partial charge in [0.05, 0.1) is 12.1 Å². The first-order chi connectivity index (χ1) is 16.9. The van der Waals surface area contributed by atoms with Crippen molar-refractivity contribution in [1.82, 2.24) is 25.8 Å². The van der Waals surface area contributed by atoms with Gasteiger partial charge in [-0.3, -0.25) is 14.4 Å². The number of rotatable bonds is 9. The van der Waals surface area contributed by atoms with Crippen molar-refractivity contribution in [3.63, 3.8) is 0 Å². The number of hydrogen-bond donors (Lipinski definition) is 3. The van der Waals surface area contributed by atoms with Gasteiger partial charge in [-0.25, -0.2) is 9.78 Å². The monoisotopic (exact) mass is 505 g/mol. The van der Waals surface area contributed by atoms with Crippen molar-refractivity contribution in [2.24, 2.45) is 0 Å². The van der Waals surface area contributed by atoms with E-state index in [0.717, 1.165) is 37.1 Å². The first-order valence-electron chi connectivity index (χ1n) is 12.2. The standard InChI is InChI=1S/C24H35N5O5S/c1-16(21(31)26-14-20(30)34-2)27-22(32)19-15-35-23(28-19)18-9-12-29(13-10-18)24(33)25-11-8-17-6-4-3-5-7-17/h6,15-16,18H,3-5,7-14H2,1-2H3,(H,25,33)(H,26,31)(H,27,32). The Labute approximate surface area is 209 Å². The van der Waals surface area contributed by atoms with Crippen molar-refractivity contribution in [3.8, 4) is 0 Å². The van der Waals surface area contributed by atoms with Crippen LogP contribution in [0, 0.1) is 0 Å². The molecule has 2 heterocycles. The summed E-state index contributed by atoms with van der Waals surface area (Å²) in [5, 5.41) is 10.6. The number of allylic oxidation sites excluding steroid dienone is 1. The summed E-state index contributed by atoms with van der Waals surface area (Å²) in [6, 6.07) is -0.841. The molecule has 1 unspecified atom stereocenters. The third-order valence-electron chi connectivity index (χ3n) is 6.37. The van der Waals surface area contributed by atoms with Gasteiger partial charge in [-0.05, 0) is 51.9 Å². The number of piperidine rings is 1. The second kappa shape index (κ2) is 13.2. The predicted molar refractivity (Wildman–Crippen MR) is 132 cm³/mol. The highest BCUT2D eigenvalue weighted by molar-refractivity contribution is 7.09. The Morgan fingerprint density at radius 2 is 1.97 bits per heavy atom. The second-order valence-electron chi connectivity index (χ2n) is 8.91. The van der Waals surface area contributed by atoms with E-state index in [1.165, 1.54) is 43.8 Å². The third kappa shape index (κ3) is 8.05. The zero-order chi connectivity index (χ0) is 25.2. The fourth-order valence-corrected chi connectivity index (χ4v) is 5.17. The Hall–Kier alpha value is -2.95. The normalized spacial score (nSPS) is 17.2. The molecule has 1 aromatic heterocycles. The SMILES string of the molecule is COC(=O)CNC(=O)C(C)NC(=O)c1csc(C2CCN(C(=O)NCCC3=CCCCC3)CC2)n1. The molecule has 1 saturated heterocycles. The fraction of sp³-hybridized carbons (Fsp3) is 0.625. The molecule has 3 N–H and O–H groups in total. The molecule has 2 aliphatic rings. The number of amides is 4. The molecule has 11 heteroatoms. The van der Waals surface area contributed by atoms with E-state index in [0.29, 0.717) is 19.6 Å². The molecule has 1 fully saturated rings. The van der Waals surface area contributed by atoms with E-state index in [-0.39, 0.29) is 24.2 Å². The average Bonchev–Trinajstić information content (AvgIpc) is 3.38. The van der Waals surface area contributed by atoms with Gasteiger partial charge in [-0.2, -0.15) is 0 Å². The van der Waals surface area contributed by atoms with E-state index < -0.39 is 23.8 Å². The molecule has 0 radical (unpaired) electrons. The van der Waals surface area contributed by atoms with Gasteiger partial charge in [0, 0.05) is 30.9 Å². The van der Waals surface area contributed by atoms with Crippen LogP contribution in [-0.2, 0) is 14.3 Å². The maximum absolute atomic E-state index is 12.5. The van der Waals surface area contributed by atoms with E-state index in [2.05, 4.69) is 31.7 Å². The summed E-state index contributed by atoms with van der Waals surface area (Å²) in [5.74, 6) is -1.31. The zero-order valence-electron chi connectivity index (χ0n) is 20.4. The van der Waals surface area contributed by atoms with Crippen molar-refractivity contribution in [3.05, 3.63) is 27.7 Å². The van der Waals surface area contributed by atoms with Gasteiger partial charge in [0.25, 0.3) is 5.91 Å². The highest BCUT2D eigenvalue weighted by atomic mass is 32.1. The Kier molecular flexibility index (Phi) is 10.1. The molecule has 1 aromatic rings. The first-order valence-corrected chi connectivity index (χ1v) is 13.1. The van der Waals surface area contributed by atoms with Gasteiger partial charge < -0.3 is 25.6 Å². The molecule has 0 spiro atoms. The van der Waals surface area contributed by atoms with Crippen molar-refractivity contribution >= 4 is 35.2 Å². The molecule has 0 aromatic carbocycles. The molecule has 1 atom stereocenters. The van der Waals surface area contributed by atoms with E-state index in [1.54, 1.807) is 5.38 Å². The number of likely N-dealkylation sites (tertiary alicyclic amines) is 1. The molecular weight excluding hydrogens is 470 g/mol. The highest BCUT2D eigenvalue weighted by Crippen LogP contribution is 2.30. The summed E-state index contributed by atoms with van der Waals surface area (Å²) in [5.41, 5.74) is 1.71. The number of esters is 1. The lowest BCUT2D eigenvalue weighted by molar-refractivity contribution is -0.141. The molecule has 1 aliphatic heterocycles. The summed E-state index contributed by atoms with van der Waals surface area (Å²) >= 11 is 1.42. The van der Waals surface area contributed by atoms with Gasteiger partial charge in [-0.1, -0.05) is 11.6 Å². The number of thiazole rings is 1. The lowest BCUT2D eigenvalue weighted by Crippen LogP contribution is -2.46. The quantitative estimate of drug-likeness (QED) is 0.349. The third-order valence-corrected chi connectivity index (χ3v) is 7.38. The number of hydrogen-bond acceptors (Lipinski definition) is 7. The molecule has 1 aliphatic carbocycles. The topological polar surface area (TPSA) is 130 Å². The van der Waals surface area contributed by atoms with Crippen molar-refractivity contribution in [2.75, 3.05) is 33.3 Å². The van der Waals surface area contributed by atoms with Crippen LogP contribution in [0.15, 0.2) is 17.0 Å². The Morgan fingerprint density at radius 3 is 2.66 bits per heavy atom. The minimum atomic E-state index is -0.825. The molecule has 0 bridgehead atoms. The number of nitrogens with zero attached hydrogens (tertiary/aromatic N) is 2. The largest absolute Gasteiger partial charge is 0.468 e. The summed E-state index contributed by atoms with van der Waals surface area (Å²) < 4.78 is 4.47. The second-order valence-corrected chi connectivity index (χ2v) is 9.80. The van der Waals surface area contributed by atoms with Crippen LogP contribution in [0.3, 0.4) is 0 Å². The van der Waals surface area contributed by atoms with Crippen molar-refractivity contribution in [1.29, 1.82) is 0 Å². The average molecular weight is 506 g/mol. The summed E-state index contributed by atoms with van der Waals surface area (Å²) in [6.07, 6.45) is 9.64. The number of carbonyl (C=O) groups excluding carboxylic acids is 4. The minimum Gasteiger partial charge on any atom is -0.468 e. The zero-order valence-corrected chi connectivity index (χ0v) is 21.2. The van der Waals surface area contributed by atoms with Gasteiger partial charge in [0.15, 0.2) is 0 Å². The Bertz CT molecular complexity index is 938. The smallest absolute Gasteiger partial charge is 0.325 e. The van der Waals surface area contributed by atoms with Crippen LogP contribution in [0.5, 0.6) is 0 Å². The van der Waals surface area contributed by atoms with E-state index >= 15 is 0 Å². The van der Waals surface area contributed by atoms with Crippen LogP contribution < -0.4 is 16.0 Å². The van der Waals surface area contributed by atoms with Gasteiger partial charge in [0.2, 0.25) is 5.91 Å². The van der Waals surface area contributed by atoms with Crippen LogP contribution in [0.2, 0.25) is 0 Å². The fourth-order valence-electron chi connectivity index (χ4n) is 4.20. The Morgan fingerprint density at radius 1 is 1.20 bits per heavy atom. The highest BCUT2D eigenvalue weighted by Gasteiger charge is 2.27. The maximum Gasteiger partial charge on any atom is 0.325 e. The number of ether oxygens (including phenoxy) is 1. The Balaban J connectivity index is 1.40. The number of carbonyl (C=O) groups is 4. The van der Waals surface area contributed by atoms with Crippen LogP contribution in [-0.4, -0.2) is 73.0 Å². The van der Waals surface area contributed by atoms with Crippen LogP contribution in [0.4, 0.5) is 4.79 Å². The van der Waals surface area contributed by atoms with Gasteiger partial charge in [-0.15, -0.1) is 11.3 Å². The molecule has 10 nitrogen and oxygen atoms in total. The molecule has 3 rings (SSSR count). The van der Waals surface area contributed by atoms with E-state index in [4.69, 9.17) is 0 Å².